The summed E-state index contributed by atoms with van der Waals surface area (Å²) in [5.74, 6) is 0. The first-order valence-corrected chi connectivity index (χ1v) is 6.87. The van der Waals surface area contributed by atoms with E-state index in [1.54, 1.807) is 0 Å². The van der Waals surface area contributed by atoms with Gasteiger partial charge in [-0.15, -0.1) is 0 Å². The van der Waals surface area contributed by atoms with Crippen LogP contribution in [0.3, 0.4) is 0 Å². The first kappa shape index (κ1) is 11.6. The highest BCUT2D eigenvalue weighted by Crippen LogP contribution is 2.28. The molecule has 3 heteroatoms. The molecular formula is C12H15Br2N. The van der Waals surface area contributed by atoms with E-state index in [0.717, 1.165) is 21.9 Å². The number of benzene rings is 1. The number of hydrogen-bond acceptors (Lipinski definition) is 1. The molecule has 1 nitrogen and oxygen atoms in total. The number of hydrogen-bond donors (Lipinski definition) is 1. The van der Waals surface area contributed by atoms with Gasteiger partial charge in [0.1, 0.15) is 0 Å². The Labute approximate surface area is 108 Å². The van der Waals surface area contributed by atoms with Crippen LogP contribution >= 0.6 is 31.9 Å². The van der Waals surface area contributed by atoms with Crippen LogP contribution < -0.4 is 5.32 Å². The predicted molar refractivity (Wildman–Crippen MR) is 71.2 cm³/mol. The van der Waals surface area contributed by atoms with E-state index in [1.807, 2.05) is 0 Å². The molecule has 1 fully saturated rings. The van der Waals surface area contributed by atoms with Crippen LogP contribution in [0, 0.1) is 0 Å². The highest BCUT2D eigenvalue weighted by Gasteiger charge is 2.27. The van der Waals surface area contributed by atoms with Gasteiger partial charge in [0.25, 0.3) is 0 Å². The molecule has 0 aliphatic carbocycles. The second-order valence-corrected chi connectivity index (χ2v) is 6.22. The average molecular weight is 333 g/mol. The lowest BCUT2D eigenvalue weighted by atomic mass is 9.91. The monoisotopic (exact) mass is 331 g/mol. The van der Waals surface area contributed by atoms with Gasteiger partial charge >= 0.3 is 0 Å². The first-order valence-electron chi connectivity index (χ1n) is 5.28. The maximum atomic E-state index is 3.59. The van der Waals surface area contributed by atoms with Gasteiger partial charge in [0, 0.05) is 14.5 Å². The van der Waals surface area contributed by atoms with Crippen molar-refractivity contribution in [3.8, 4) is 0 Å². The largest absolute Gasteiger partial charge is 0.311 e. The zero-order valence-electron chi connectivity index (χ0n) is 8.82. The third kappa shape index (κ3) is 2.83. The summed E-state index contributed by atoms with van der Waals surface area (Å²) in [4.78, 5) is 0. The molecule has 1 aliphatic heterocycles. The molecular weight excluding hydrogens is 318 g/mol. The molecule has 1 saturated heterocycles. The Bertz CT molecular complexity index is 357. The quantitative estimate of drug-likeness (QED) is 0.866. The van der Waals surface area contributed by atoms with Gasteiger partial charge in [-0.05, 0) is 82.3 Å². The topological polar surface area (TPSA) is 12.0 Å². The van der Waals surface area contributed by atoms with Crippen LogP contribution in [0.2, 0.25) is 0 Å². The predicted octanol–water partition coefficient (Wildman–Crippen LogP) is 3.90. The summed E-state index contributed by atoms with van der Waals surface area (Å²) in [5.41, 5.74) is 1.69. The number of halogens is 2. The van der Waals surface area contributed by atoms with E-state index in [9.17, 15) is 0 Å². The van der Waals surface area contributed by atoms with Crippen molar-refractivity contribution in [2.75, 3.05) is 6.54 Å². The van der Waals surface area contributed by atoms with Crippen LogP contribution in [0.15, 0.2) is 27.1 Å². The lowest BCUT2D eigenvalue weighted by Crippen LogP contribution is -2.38. The van der Waals surface area contributed by atoms with E-state index in [2.05, 4.69) is 62.3 Å². The standard InChI is InChI=1S/C12H15Br2N/c1-12(5-2-6-15-12)8-9-3-4-10(13)11(14)7-9/h3-4,7,15H,2,5-6,8H2,1H3. The van der Waals surface area contributed by atoms with Gasteiger partial charge in [0.05, 0.1) is 0 Å². The van der Waals surface area contributed by atoms with Gasteiger partial charge in [-0.1, -0.05) is 6.07 Å². The number of rotatable bonds is 2. The molecule has 0 saturated carbocycles. The molecule has 1 aromatic rings. The molecule has 0 spiro atoms. The molecule has 1 unspecified atom stereocenters. The Morgan fingerprint density at radius 2 is 2.13 bits per heavy atom. The Kier molecular flexibility index (Phi) is 3.53. The molecule has 15 heavy (non-hydrogen) atoms. The summed E-state index contributed by atoms with van der Waals surface area (Å²) in [6.07, 6.45) is 3.69. The van der Waals surface area contributed by atoms with Crippen LogP contribution in [0.5, 0.6) is 0 Å². The molecule has 1 aliphatic rings. The molecule has 0 radical (unpaired) electrons. The van der Waals surface area contributed by atoms with Crippen LogP contribution in [-0.2, 0) is 6.42 Å². The Morgan fingerprint density at radius 3 is 2.73 bits per heavy atom. The number of nitrogens with one attached hydrogen (secondary N) is 1. The third-order valence-electron chi connectivity index (χ3n) is 3.04. The zero-order chi connectivity index (χ0) is 10.9. The molecule has 82 valence electrons. The van der Waals surface area contributed by atoms with Gasteiger partial charge in [-0.2, -0.15) is 0 Å². The zero-order valence-corrected chi connectivity index (χ0v) is 12.0. The van der Waals surface area contributed by atoms with Gasteiger partial charge in [-0.25, -0.2) is 0 Å². The average Bonchev–Trinajstić information content (AvgIpc) is 2.59. The van der Waals surface area contributed by atoms with E-state index < -0.39 is 0 Å². The summed E-state index contributed by atoms with van der Waals surface area (Å²) in [5, 5.41) is 3.59. The normalized spacial score (nSPS) is 25.8. The molecule has 1 N–H and O–H groups in total. The van der Waals surface area contributed by atoms with Crippen LogP contribution in [-0.4, -0.2) is 12.1 Å². The second-order valence-electron chi connectivity index (χ2n) is 4.52. The minimum absolute atomic E-state index is 0.299. The fraction of sp³-hybridized carbons (Fsp3) is 0.500. The second kappa shape index (κ2) is 4.56. The molecule has 1 atom stereocenters. The molecule has 0 aromatic heterocycles. The van der Waals surface area contributed by atoms with Crippen molar-refractivity contribution in [3.63, 3.8) is 0 Å². The van der Waals surface area contributed by atoms with Gasteiger partial charge < -0.3 is 5.32 Å². The third-order valence-corrected chi connectivity index (χ3v) is 4.92. The molecule has 2 rings (SSSR count). The van der Waals surface area contributed by atoms with Crippen molar-refractivity contribution in [2.24, 2.45) is 0 Å². The molecule has 0 amide bonds. The van der Waals surface area contributed by atoms with Crippen LogP contribution in [0.25, 0.3) is 0 Å². The highest BCUT2D eigenvalue weighted by atomic mass is 79.9. The van der Waals surface area contributed by atoms with Crippen molar-refractivity contribution in [1.82, 2.24) is 5.32 Å². The molecule has 1 aromatic carbocycles. The molecule has 1 heterocycles. The smallest absolute Gasteiger partial charge is 0.0320 e. The lowest BCUT2D eigenvalue weighted by Gasteiger charge is -2.24. The summed E-state index contributed by atoms with van der Waals surface area (Å²) in [6, 6.07) is 6.51. The van der Waals surface area contributed by atoms with Gasteiger partial charge in [0.15, 0.2) is 0 Å². The van der Waals surface area contributed by atoms with Crippen molar-refractivity contribution < 1.29 is 0 Å². The Hall–Kier alpha value is 0.140. The lowest BCUT2D eigenvalue weighted by molar-refractivity contribution is 0.412. The van der Waals surface area contributed by atoms with Gasteiger partial charge in [-0.3, -0.25) is 0 Å². The van der Waals surface area contributed by atoms with Crippen molar-refractivity contribution in [2.45, 2.75) is 31.7 Å². The summed E-state index contributed by atoms with van der Waals surface area (Å²) in [6.45, 7) is 3.48. The van der Waals surface area contributed by atoms with E-state index in [-0.39, 0.29) is 0 Å². The molecule has 0 bridgehead atoms. The van der Waals surface area contributed by atoms with Crippen LogP contribution in [0.4, 0.5) is 0 Å². The minimum atomic E-state index is 0.299. The highest BCUT2D eigenvalue weighted by molar-refractivity contribution is 9.13. The van der Waals surface area contributed by atoms with Crippen molar-refractivity contribution in [1.29, 1.82) is 0 Å². The van der Waals surface area contributed by atoms with Crippen molar-refractivity contribution in [3.05, 3.63) is 32.7 Å². The van der Waals surface area contributed by atoms with Crippen molar-refractivity contribution >= 4 is 31.9 Å². The van der Waals surface area contributed by atoms with Gasteiger partial charge in [0.2, 0.25) is 0 Å². The summed E-state index contributed by atoms with van der Waals surface area (Å²) in [7, 11) is 0. The Morgan fingerprint density at radius 1 is 1.33 bits per heavy atom. The summed E-state index contributed by atoms with van der Waals surface area (Å²) < 4.78 is 2.26. The maximum absolute atomic E-state index is 3.59. The van der Waals surface area contributed by atoms with E-state index in [1.165, 1.54) is 18.4 Å². The summed E-state index contributed by atoms with van der Waals surface area (Å²) >= 11 is 7.04. The maximum Gasteiger partial charge on any atom is 0.0320 e. The minimum Gasteiger partial charge on any atom is -0.311 e. The van der Waals surface area contributed by atoms with Crippen LogP contribution in [0.1, 0.15) is 25.3 Å². The fourth-order valence-electron chi connectivity index (χ4n) is 2.21. The Balaban J connectivity index is 2.13. The van der Waals surface area contributed by atoms with E-state index in [0.29, 0.717) is 5.54 Å². The fourth-order valence-corrected chi connectivity index (χ4v) is 2.88. The van der Waals surface area contributed by atoms with E-state index in [4.69, 9.17) is 0 Å². The first-order chi connectivity index (χ1) is 7.09. The van der Waals surface area contributed by atoms with E-state index >= 15 is 0 Å². The SMILES string of the molecule is CC1(Cc2ccc(Br)c(Br)c2)CCCN1.